The van der Waals surface area contributed by atoms with Crippen molar-refractivity contribution in [2.45, 2.75) is 45.8 Å². The number of pyridine rings is 1. The number of carbonyl (C=O) groups excluding carboxylic acids is 1. The minimum atomic E-state index is -0.655. The third-order valence-electron chi connectivity index (χ3n) is 6.80. The van der Waals surface area contributed by atoms with Crippen molar-refractivity contribution < 1.29 is 19.2 Å². The van der Waals surface area contributed by atoms with Crippen LogP contribution < -0.4 is 5.73 Å². The average molecular weight is 517 g/mol. The number of nitrogen functional groups attached to an aromatic ring is 1. The van der Waals surface area contributed by atoms with Gasteiger partial charge in [-0.2, -0.15) is 10.1 Å². The molecule has 0 radical (unpaired) electrons. The summed E-state index contributed by atoms with van der Waals surface area (Å²) in [6.07, 6.45) is 5.26. The van der Waals surface area contributed by atoms with E-state index >= 15 is 0 Å². The molecule has 12 heteroatoms. The number of esters is 1. The lowest BCUT2D eigenvalue weighted by Gasteiger charge is -2.28. The van der Waals surface area contributed by atoms with Crippen molar-refractivity contribution in [1.29, 1.82) is 0 Å². The fourth-order valence-electron chi connectivity index (χ4n) is 4.24. The van der Waals surface area contributed by atoms with Crippen LogP contribution in [0.15, 0.2) is 47.4 Å². The molecule has 0 aliphatic rings. The van der Waals surface area contributed by atoms with Crippen LogP contribution in [0.2, 0.25) is 0 Å². The summed E-state index contributed by atoms with van der Waals surface area (Å²) in [5.74, 6) is 0.144. The number of aromatic amines is 1. The standard InChI is InChI=1S/C26H28N8O4/c1-5-37-24(36)23-32-25(38-33-23)26(3,4)14(2)34-12-15(11-29-34)21-30-20-17(9-10-28-22(20)31-21)16-7-6-8-19(27)18(16)13-35/h6-12,14,35H,5,13,27H2,1-4H3,(H,28,30,31). The Morgan fingerprint density at radius 3 is 2.84 bits per heavy atom. The Hall–Kier alpha value is -4.58. The van der Waals surface area contributed by atoms with Crippen LogP contribution in [-0.4, -0.2) is 52.6 Å². The Morgan fingerprint density at radius 1 is 1.26 bits per heavy atom. The Kier molecular flexibility index (Phi) is 6.41. The number of hydrogen-bond acceptors (Lipinski definition) is 10. The molecule has 1 aromatic carbocycles. The van der Waals surface area contributed by atoms with E-state index in [0.717, 1.165) is 16.7 Å². The van der Waals surface area contributed by atoms with Crippen LogP contribution >= 0.6 is 0 Å². The highest BCUT2D eigenvalue weighted by atomic mass is 16.5. The van der Waals surface area contributed by atoms with Gasteiger partial charge in [0, 0.05) is 29.2 Å². The van der Waals surface area contributed by atoms with Crippen LogP contribution in [0, 0.1) is 0 Å². The Labute approximate surface area is 217 Å². The summed E-state index contributed by atoms with van der Waals surface area (Å²) in [5.41, 5.74) is 10.2. The predicted molar refractivity (Wildman–Crippen MR) is 139 cm³/mol. The fourth-order valence-corrected chi connectivity index (χ4v) is 4.24. The van der Waals surface area contributed by atoms with Gasteiger partial charge in [0.15, 0.2) is 5.65 Å². The molecule has 0 aliphatic carbocycles. The van der Waals surface area contributed by atoms with Gasteiger partial charge in [0.2, 0.25) is 5.89 Å². The molecule has 4 N–H and O–H groups in total. The van der Waals surface area contributed by atoms with E-state index in [1.165, 1.54) is 0 Å². The monoisotopic (exact) mass is 516 g/mol. The van der Waals surface area contributed by atoms with Crippen LogP contribution in [0.3, 0.4) is 0 Å². The van der Waals surface area contributed by atoms with Crippen molar-refractivity contribution in [1.82, 2.24) is 34.9 Å². The molecule has 4 heterocycles. The number of fused-ring (bicyclic) bond motifs is 1. The highest BCUT2D eigenvalue weighted by Crippen LogP contribution is 2.36. The number of aliphatic hydroxyl groups is 1. The number of anilines is 1. The molecular formula is C26H28N8O4. The molecule has 12 nitrogen and oxygen atoms in total. The largest absolute Gasteiger partial charge is 0.460 e. The van der Waals surface area contributed by atoms with Crippen LogP contribution in [0.5, 0.6) is 0 Å². The molecule has 5 aromatic rings. The third kappa shape index (κ3) is 4.28. The van der Waals surface area contributed by atoms with Gasteiger partial charge in [-0.05, 0) is 50.5 Å². The van der Waals surface area contributed by atoms with Crippen LogP contribution in [-0.2, 0) is 16.8 Å². The Morgan fingerprint density at radius 2 is 2.08 bits per heavy atom. The average Bonchev–Trinajstić information content (AvgIpc) is 3.67. The molecule has 0 bridgehead atoms. The van der Waals surface area contributed by atoms with E-state index in [1.807, 2.05) is 45.2 Å². The highest BCUT2D eigenvalue weighted by molar-refractivity contribution is 5.93. The molecule has 38 heavy (non-hydrogen) atoms. The van der Waals surface area contributed by atoms with Gasteiger partial charge in [0.1, 0.15) is 11.3 Å². The summed E-state index contributed by atoms with van der Waals surface area (Å²) < 4.78 is 12.1. The van der Waals surface area contributed by atoms with Crippen molar-refractivity contribution in [2.75, 3.05) is 12.3 Å². The van der Waals surface area contributed by atoms with Crippen molar-refractivity contribution in [3.05, 3.63) is 60.1 Å². The number of nitrogens with one attached hydrogen (secondary N) is 1. The zero-order valence-corrected chi connectivity index (χ0v) is 21.5. The zero-order valence-electron chi connectivity index (χ0n) is 21.5. The van der Waals surface area contributed by atoms with Crippen molar-refractivity contribution in [3.63, 3.8) is 0 Å². The first kappa shape index (κ1) is 25.1. The van der Waals surface area contributed by atoms with Crippen molar-refractivity contribution >= 4 is 22.8 Å². The lowest BCUT2D eigenvalue weighted by Crippen LogP contribution is -2.30. The maximum Gasteiger partial charge on any atom is 0.379 e. The zero-order chi connectivity index (χ0) is 27.0. The summed E-state index contributed by atoms with van der Waals surface area (Å²) >= 11 is 0. The fraction of sp³-hybridized carbons (Fsp3) is 0.308. The van der Waals surface area contributed by atoms with E-state index < -0.39 is 11.4 Å². The first-order chi connectivity index (χ1) is 18.2. The van der Waals surface area contributed by atoms with Gasteiger partial charge >= 0.3 is 5.97 Å². The minimum absolute atomic E-state index is 0.113. The normalized spacial score (nSPS) is 12.7. The molecule has 1 unspecified atom stereocenters. The van der Waals surface area contributed by atoms with Crippen LogP contribution in [0.4, 0.5) is 5.69 Å². The van der Waals surface area contributed by atoms with E-state index in [4.69, 9.17) is 20.0 Å². The molecule has 0 amide bonds. The number of hydrogen-bond donors (Lipinski definition) is 3. The second-order valence-electron chi connectivity index (χ2n) is 9.42. The molecule has 0 spiro atoms. The maximum atomic E-state index is 12.0. The third-order valence-corrected chi connectivity index (χ3v) is 6.80. The van der Waals surface area contributed by atoms with Crippen LogP contribution in [0.1, 0.15) is 55.8 Å². The summed E-state index contributed by atoms with van der Waals surface area (Å²) in [4.78, 5) is 28.7. The van der Waals surface area contributed by atoms with E-state index in [2.05, 4.69) is 25.2 Å². The summed E-state index contributed by atoms with van der Waals surface area (Å²) in [6.45, 7) is 7.58. The van der Waals surface area contributed by atoms with Crippen LogP contribution in [0.25, 0.3) is 33.7 Å². The second kappa shape index (κ2) is 9.71. The first-order valence-corrected chi connectivity index (χ1v) is 12.1. The minimum Gasteiger partial charge on any atom is -0.460 e. The number of H-pyrrole nitrogens is 1. The molecule has 0 aliphatic heterocycles. The smallest absolute Gasteiger partial charge is 0.379 e. The topological polar surface area (TPSA) is 171 Å². The number of nitrogens with two attached hydrogens (primary N) is 1. The molecule has 196 valence electrons. The lowest BCUT2D eigenvalue weighted by molar-refractivity contribution is 0.0508. The van der Waals surface area contributed by atoms with E-state index in [9.17, 15) is 9.90 Å². The Balaban J connectivity index is 1.46. The van der Waals surface area contributed by atoms with E-state index in [-0.39, 0.29) is 25.1 Å². The number of aromatic nitrogens is 7. The number of aliphatic hydroxyl groups excluding tert-OH is 1. The lowest BCUT2D eigenvalue weighted by atomic mass is 9.85. The first-order valence-electron chi connectivity index (χ1n) is 12.1. The molecule has 0 fully saturated rings. The maximum absolute atomic E-state index is 12.0. The van der Waals surface area contributed by atoms with Crippen molar-refractivity contribution in [2.24, 2.45) is 0 Å². The molecule has 5 rings (SSSR count). The van der Waals surface area contributed by atoms with Gasteiger partial charge in [-0.3, -0.25) is 4.68 Å². The van der Waals surface area contributed by atoms with Gasteiger partial charge in [-0.25, -0.2) is 14.8 Å². The highest BCUT2D eigenvalue weighted by Gasteiger charge is 2.36. The van der Waals surface area contributed by atoms with E-state index in [0.29, 0.717) is 34.1 Å². The number of benzene rings is 1. The number of nitrogens with zero attached hydrogens (tertiary/aromatic N) is 6. The number of imidazole rings is 1. The van der Waals surface area contributed by atoms with Crippen molar-refractivity contribution in [3.8, 4) is 22.5 Å². The summed E-state index contributed by atoms with van der Waals surface area (Å²) in [6, 6.07) is 7.13. The van der Waals surface area contributed by atoms with Gasteiger partial charge < -0.3 is 25.1 Å². The number of rotatable bonds is 8. The molecule has 0 saturated carbocycles. The number of ether oxygens (including phenoxy) is 1. The molecular weight excluding hydrogens is 488 g/mol. The number of carbonyl (C=O) groups is 1. The quantitative estimate of drug-likeness (QED) is 0.204. The predicted octanol–water partition coefficient (Wildman–Crippen LogP) is 3.66. The molecule has 1 atom stereocenters. The molecule has 4 aromatic heterocycles. The van der Waals surface area contributed by atoms with Gasteiger partial charge in [0.25, 0.3) is 5.82 Å². The van der Waals surface area contributed by atoms with Gasteiger partial charge in [0.05, 0.1) is 36.4 Å². The SMILES string of the molecule is CCOC(=O)c1noc(C(C)(C)C(C)n2cc(-c3nc4c(-c5cccc(N)c5CO)ccnc4[nH]3)cn2)n1. The van der Waals surface area contributed by atoms with Gasteiger partial charge in [-0.1, -0.05) is 12.1 Å². The summed E-state index contributed by atoms with van der Waals surface area (Å²) in [7, 11) is 0. The summed E-state index contributed by atoms with van der Waals surface area (Å²) in [5, 5.41) is 18.2. The van der Waals surface area contributed by atoms with E-state index in [1.54, 1.807) is 30.1 Å². The van der Waals surface area contributed by atoms with Gasteiger partial charge in [-0.15, -0.1) is 0 Å². The molecule has 0 saturated heterocycles. The second-order valence-corrected chi connectivity index (χ2v) is 9.42. The Bertz CT molecular complexity index is 1620.